The highest BCUT2D eigenvalue weighted by Gasteiger charge is 2.20. The quantitative estimate of drug-likeness (QED) is 0.652. The Labute approximate surface area is 103 Å². The first kappa shape index (κ1) is 13.5. The maximum Gasteiger partial charge on any atom is 0.239 e. The fourth-order valence-electron chi connectivity index (χ4n) is 1.31. The van der Waals surface area contributed by atoms with E-state index in [1.165, 1.54) is 0 Å². The van der Waals surface area contributed by atoms with Crippen LogP contribution in [0.4, 0.5) is 5.69 Å². The van der Waals surface area contributed by atoms with Gasteiger partial charge in [0.1, 0.15) is 0 Å². The van der Waals surface area contributed by atoms with Gasteiger partial charge < -0.3 is 16.4 Å². The van der Waals surface area contributed by atoms with E-state index in [1.807, 2.05) is 30.3 Å². The Hall–Kier alpha value is -1.55. The third kappa shape index (κ3) is 5.36. The molecule has 1 aromatic carbocycles. The average molecular weight is 235 g/mol. The zero-order valence-corrected chi connectivity index (χ0v) is 10.5. The number of rotatable bonds is 6. The van der Waals surface area contributed by atoms with Gasteiger partial charge in [0.25, 0.3) is 0 Å². The number of nitrogens with two attached hydrogens (primary N) is 1. The minimum absolute atomic E-state index is 0.114. The number of amides is 1. The van der Waals surface area contributed by atoms with Crippen molar-refractivity contribution in [3.63, 3.8) is 0 Å². The second-order valence-corrected chi connectivity index (χ2v) is 4.62. The van der Waals surface area contributed by atoms with Gasteiger partial charge >= 0.3 is 0 Å². The summed E-state index contributed by atoms with van der Waals surface area (Å²) in [5, 5.41) is 6.08. The summed E-state index contributed by atoms with van der Waals surface area (Å²) in [7, 11) is 0. The van der Waals surface area contributed by atoms with Gasteiger partial charge in [0.05, 0.1) is 5.54 Å². The summed E-state index contributed by atoms with van der Waals surface area (Å²) in [5.41, 5.74) is 5.95. The molecule has 4 heteroatoms. The van der Waals surface area contributed by atoms with Gasteiger partial charge in [0.15, 0.2) is 0 Å². The van der Waals surface area contributed by atoms with Crippen molar-refractivity contribution in [3.8, 4) is 0 Å². The SMILES string of the molecule is CC(C)(N)C(=O)NCCCNc1ccccc1. The van der Waals surface area contributed by atoms with Gasteiger partial charge in [-0.05, 0) is 32.4 Å². The molecule has 0 aliphatic carbocycles. The Morgan fingerprint density at radius 1 is 1.24 bits per heavy atom. The standard InChI is InChI=1S/C13H21N3O/c1-13(2,14)12(17)16-10-6-9-15-11-7-4-3-5-8-11/h3-5,7-8,15H,6,9-10,14H2,1-2H3,(H,16,17). The molecule has 0 spiro atoms. The first-order valence-corrected chi connectivity index (χ1v) is 5.86. The normalized spacial score (nSPS) is 11.0. The molecule has 1 aromatic rings. The monoisotopic (exact) mass is 235 g/mol. The van der Waals surface area contributed by atoms with Crippen LogP contribution in [0.3, 0.4) is 0 Å². The van der Waals surface area contributed by atoms with E-state index in [4.69, 9.17) is 5.73 Å². The van der Waals surface area contributed by atoms with E-state index in [2.05, 4.69) is 10.6 Å². The van der Waals surface area contributed by atoms with Gasteiger partial charge in [0.2, 0.25) is 5.91 Å². The molecule has 0 saturated heterocycles. The number of anilines is 1. The van der Waals surface area contributed by atoms with Gasteiger partial charge in [-0.3, -0.25) is 4.79 Å². The van der Waals surface area contributed by atoms with Gasteiger partial charge in [-0.2, -0.15) is 0 Å². The molecule has 4 nitrogen and oxygen atoms in total. The molecule has 0 saturated carbocycles. The molecule has 0 fully saturated rings. The number of carbonyl (C=O) groups is 1. The van der Waals surface area contributed by atoms with Gasteiger partial charge in [-0.1, -0.05) is 18.2 Å². The van der Waals surface area contributed by atoms with E-state index in [-0.39, 0.29) is 5.91 Å². The minimum Gasteiger partial charge on any atom is -0.385 e. The largest absolute Gasteiger partial charge is 0.385 e. The predicted octanol–water partition coefficient (Wildman–Crippen LogP) is 1.34. The fraction of sp³-hybridized carbons (Fsp3) is 0.462. The summed E-state index contributed by atoms with van der Waals surface area (Å²) in [6, 6.07) is 9.99. The highest BCUT2D eigenvalue weighted by atomic mass is 16.2. The number of hydrogen-bond donors (Lipinski definition) is 3. The summed E-state index contributed by atoms with van der Waals surface area (Å²) in [6.07, 6.45) is 0.872. The molecule has 17 heavy (non-hydrogen) atoms. The lowest BCUT2D eigenvalue weighted by molar-refractivity contribution is -0.125. The molecule has 0 heterocycles. The van der Waals surface area contributed by atoms with Crippen molar-refractivity contribution < 1.29 is 4.79 Å². The molecule has 0 bridgehead atoms. The Balaban J connectivity index is 2.12. The number of carbonyl (C=O) groups excluding carboxylic acids is 1. The Bertz CT molecular complexity index is 343. The van der Waals surface area contributed by atoms with Gasteiger partial charge in [0, 0.05) is 18.8 Å². The topological polar surface area (TPSA) is 67.2 Å². The number of para-hydroxylation sites is 1. The second-order valence-electron chi connectivity index (χ2n) is 4.62. The molecule has 0 aliphatic heterocycles. The van der Waals surface area contributed by atoms with E-state index in [9.17, 15) is 4.79 Å². The van der Waals surface area contributed by atoms with Crippen LogP contribution < -0.4 is 16.4 Å². The van der Waals surface area contributed by atoms with Gasteiger partial charge in [-0.15, -0.1) is 0 Å². The summed E-state index contributed by atoms with van der Waals surface area (Å²) in [6.45, 7) is 4.86. The number of hydrogen-bond acceptors (Lipinski definition) is 3. The molecule has 1 amide bonds. The molecule has 4 N–H and O–H groups in total. The Morgan fingerprint density at radius 2 is 1.88 bits per heavy atom. The van der Waals surface area contributed by atoms with Crippen molar-refractivity contribution in [2.45, 2.75) is 25.8 Å². The lowest BCUT2D eigenvalue weighted by Crippen LogP contribution is -2.49. The summed E-state index contributed by atoms with van der Waals surface area (Å²) in [5.74, 6) is -0.114. The van der Waals surface area contributed by atoms with Crippen LogP contribution in [0, 0.1) is 0 Å². The zero-order valence-electron chi connectivity index (χ0n) is 10.5. The van der Waals surface area contributed by atoms with Crippen LogP contribution >= 0.6 is 0 Å². The minimum atomic E-state index is -0.799. The molecular weight excluding hydrogens is 214 g/mol. The van der Waals surface area contributed by atoms with E-state index in [0.717, 1.165) is 18.7 Å². The molecule has 1 rings (SSSR count). The zero-order chi connectivity index (χ0) is 12.7. The van der Waals surface area contributed by atoms with Crippen LogP contribution in [-0.4, -0.2) is 24.5 Å². The Morgan fingerprint density at radius 3 is 2.47 bits per heavy atom. The first-order chi connectivity index (χ1) is 8.00. The third-order valence-electron chi connectivity index (χ3n) is 2.33. The van der Waals surface area contributed by atoms with E-state index in [0.29, 0.717) is 6.54 Å². The van der Waals surface area contributed by atoms with Crippen molar-refractivity contribution in [3.05, 3.63) is 30.3 Å². The molecule has 0 radical (unpaired) electrons. The molecular formula is C13H21N3O. The van der Waals surface area contributed by atoms with Crippen LogP contribution in [0.1, 0.15) is 20.3 Å². The highest BCUT2D eigenvalue weighted by Crippen LogP contribution is 2.04. The van der Waals surface area contributed by atoms with Crippen LogP contribution in [0.25, 0.3) is 0 Å². The summed E-state index contributed by atoms with van der Waals surface area (Å²) < 4.78 is 0. The first-order valence-electron chi connectivity index (χ1n) is 5.86. The lowest BCUT2D eigenvalue weighted by Gasteiger charge is -2.17. The average Bonchev–Trinajstić information content (AvgIpc) is 2.28. The van der Waals surface area contributed by atoms with E-state index >= 15 is 0 Å². The van der Waals surface area contributed by atoms with Crippen molar-refractivity contribution >= 4 is 11.6 Å². The van der Waals surface area contributed by atoms with Crippen LogP contribution in [0.2, 0.25) is 0 Å². The maximum absolute atomic E-state index is 11.4. The highest BCUT2D eigenvalue weighted by molar-refractivity contribution is 5.84. The smallest absolute Gasteiger partial charge is 0.239 e. The molecule has 0 aliphatic rings. The summed E-state index contributed by atoms with van der Waals surface area (Å²) >= 11 is 0. The molecule has 0 aromatic heterocycles. The van der Waals surface area contributed by atoms with Crippen molar-refractivity contribution in [2.24, 2.45) is 5.73 Å². The van der Waals surface area contributed by atoms with E-state index in [1.54, 1.807) is 13.8 Å². The van der Waals surface area contributed by atoms with Crippen molar-refractivity contribution in [1.82, 2.24) is 5.32 Å². The molecule has 0 unspecified atom stereocenters. The van der Waals surface area contributed by atoms with Crippen molar-refractivity contribution in [1.29, 1.82) is 0 Å². The number of benzene rings is 1. The lowest BCUT2D eigenvalue weighted by atomic mass is 10.1. The van der Waals surface area contributed by atoms with Crippen LogP contribution in [0.15, 0.2) is 30.3 Å². The van der Waals surface area contributed by atoms with Crippen LogP contribution in [-0.2, 0) is 4.79 Å². The Kier molecular flexibility index (Phi) is 4.97. The van der Waals surface area contributed by atoms with E-state index < -0.39 is 5.54 Å². The predicted molar refractivity (Wildman–Crippen MR) is 70.8 cm³/mol. The third-order valence-corrected chi connectivity index (χ3v) is 2.33. The van der Waals surface area contributed by atoms with Crippen LogP contribution in [0.5, 0.6) is 0 Å². The molecule has 0 atom stereocenters. The molecule has 94 valence electrons. The summed E-state index contributed by atoms with van der Waals surface area (Å²) in [4.78, 5) is 11.4. The second kappa shape index (κ2) is 6.25. The maximum atomic E-state index is 11.4. The van der Waals surface area contributed by atoms with Crippen molar-refractivity contribution in [2.75, 3.05) is 18.4 Å². The number of nitrogens with one attached hydrogen (secondary N) is 2. The fourth-order valence-corrected chi connectivity index (χ4v) is 1.31. The van der Waals surface area contributed by atoms with Gasteiger partial charge in [-0.25, -0.2) is 0 Å².